The summed E-state index contributed by atoms with van der Waals surface area (Å²) >= 11 is 0. The molecule has 0 aromatic heterocycles. The predicted molar refractivity (Wildman–Crippen MR) is 126 cm³/mol. The monoisotopic (exact) mass is 442 g/mol. The Morgan fingerprint density at radius 1 is 1.00 bits per heavy atom. The second-order valence-electron chi connectivity index (χ2n) is 9.27. The van der Waals surface area contributed by atoms with Gasteiger partial charge in [-0.2, -0.15) is 0 Å². The number of rotatable bonds is 9. The zero-order valence-corrected chi connectivity index (χ0v) is 19.9. The minimum Gasteiger partial charge on any atom is -0.347 e. The van der Waals surface area contributed by atoms with Gasteiger partial charge in [0.15, 0.2) is 0 Å². The van der Waals surface area contributed by atoms with Crippen LogP contribution in [0.2, 0.25) is 0 Å². The van der Waals surface area contributed by atoms with Crippen molar-refractivity contribution < 1.29 is 14.4 Å². The van der Waals surface area contributed by atoms with E-state index in [0.29, 0.717) is 39.0 Å². The summed E-state index contributed by atoms with van der Waals surface area (Å²) in [5.74, 6) is 0.120. The van der Waals surface area contributed by atoms with Gasteiger partial charge in [-0.1, -0.05) is 50.8 Å². The molecule has 0 aliphatic carbocycles. The molecular formula is C25H38N4O3. The quantitative estimate of drug-likeness (QED) is 0.552. The topological polar surface area (TPSA) is 64.2 Å². The van der Waals surface area contributed by atoms with Gasteiger partial charge in [0.05, 0.1) is 6.67 Å². The fourth-order valence-corrected chi connectivity index (χ4v) is 4.79. The number of amides is 3. The van der Waals surface area contributed by atoms with Gasteiger partial charge in [0.1, 0.15) is 12.1 Å². The summed E-state index contributed by atoms with van der Waals surface area (Å²) in [6.07, 6.45) is 7.44. The first-order chi connectivity index (χ1) is 15.4. The van der Waals surface area contributed by atoms with Crippen molar-refractivity contribution >= 4 is 23.4 Å². The maximum Gasteiger partial charge on any atom is 0.250 e. The number of anilines is 1. The molecule has 2 heterocycles. The molecule has 3 rings (SSSR count). The maximum absolute atomic E-state index is 13.6. The van der Waals surface area contributed by atoms with Crippen molar-refractivity contribution in [1.82, 2.24) is 14.7 Å². The second kappa shape index (κ2) is 10.8. The number of nitrogens with zero attached hydrogens (tertiary/aromatic N) is 4. The lowest BCUT2D eigenvalue weighted by Crippen LogP contribution is -2.57. The van der Waals surface area contributed by atoms with Gasteiger partial charge in [0.25, 0.3) is 5.91 Å². The molecule has 7 heteroatoms. The van der Waals surface area contributed by atoms with Gasteiger partial charge < -0.3 is 19.6 Å². The summed E-state index contributed by atoms with van der Waals surface area (Å²) < 4.78 is 0. The van der Waals surface area contributed by atoms with E-state index < -0.39 is 5.54 Å². The average molecular weight is 443 g/mol. The Morgan fingerprint density at radius 2 is 1.66 bits per heavy atom. The molecule has 0 radical (unpaired) electrons. The number of hydrogen-bond acceptors (Lipinski definition) is 4. The largest absolute Gasteiger partial charge is 0.347 e. The van der Waals surface area contributed by atoms with Crippen molar-refractivity contribution in [3.8, 4) is 0 Å². The summed E-state index contributed by atoms with van der Waals surface area (Å²) in [6, 6.07) is 9.93. The molecule has 2 fully saturated rings. The molecule has 0 atom stereocenters. The van der Waals surface area contributed by atoms with Crippen LogP contribution < -0.4 is 4.90 Å². The van der Waals surface area contributed by atoms with Crippen LogP contribution in [0, 0.1) is 0 Å². The van der Waals surface area contributed by atoms with Gasteiger partial charge in [-0.3, -0.25) is 14.4 Å². The van der Waals surface area contributed by atoms with Gasteiger partial charge in [-0.15, -0.1) is 0 Å². The van der Waals surface area contributed by atoms with Crippen LogP contribution in [-0.2, 0) is 14.4 Å². The molecule has 32 heavy (non-hydrogen) atoms. The summed E-state index contributed by atoms with van der Waals surface area (Å²) in [7, 11) is 3.42. The zero-order valence-electron chi connectivity index (χ0n) is 19.9. The van der Waals surface area contributed by atoms with Crippen molar-refractivity contribution in [1.29, 1.82) is 0 Å². The number of hydrogen-bond donors (Lipinski definition) is 0. The Kier molecular flexibility index (Phi) is 8.15. The summed E-state index contributed by atoms with van der Waals surface area (Å²) in [6.45, 7) is 3.83. The number of carbonyl (C=O) groups is 3. The van der Waals surface area contributed by atoms with Crippen LogP contribution >= 0.6 is 0 Å². The molecule has 3 amide bonds. The molecule has 0 unspecified atom stereocenters. The van der Waals surface area contributed by atoms with Crippen molar-refractivity contribution in [2.24, 2.45) is 0 Å². The van der Waals surface area contributed by atoms with Crippen LogP contribution in [0.5, 0.6) is 0 Å². The van der Waals surface area contributed by atoms with Crippen LogP contribution in [0.3, 0.4) is 0 Å². The lowest BCUT2D eigenvalue weighted by Gasteiger charge is -2.43. The van der Waals surface area contributed by atoms with Gasteiger partial charge in [0.2, 0.25) is 11.8 Å². The van der Waals surface area contributed by atoms with Gasteiger partial charge in [-0.05, 0) is 31.4 Å². The first-order valence-corrected chi connectivity index (χ1v) is 12.0. The number of likely N-dealkylation sites (tertiary alicyclic amines) is 1. The Morgan fingerprint density at radius 3 is 2.28 bits per heavy atom. The normalized spacial score (nSPS) is 17.8. The van der Waals surface area contributed by atoms with Crippen LogP contribution in [0.4, 0.5) is 5.69 Å². The summed E-state index contributed by atoms with van der Waals surface area (Å²) in [5.41, 5.74) is 0.294. The Balaban J connectivity index is 1.68. The Bertz CT molecular complexity index is 788. The van der Waals surface area contributed by atoms with Crippen LogP contribution in [0.15, 0.2) is 30.3 Å². The first kappa shape index (κ1) is 24.1. The Hall–Kier alpha value is -2.57. The van der Waals surface area contributed by atoms with Gasteiger partial charge >= 0.3 is 0 Å². The highest BCUT2D eigenvalue weighted by Gasteiger charge is 2.54. The minimum atomic E-state index is -0.689. The fraction of sp³-hybridized carbons (Fsp3) is 0.640. The molecule has 1 spiro atoms. The smallest absolute Gasteiger partial charge is 0.250 e. The minimum absolute atomic E-state index is 0.00298. The molecule has 7 nitrogen and oxygen atoms in total. The zero-order chi connectivity index (χ0) is 23.1. The fourth-order valence-electron chi connectivity index (χ4n) is 4.79. The van der Waals surface area contributed by atoms with E-state index in [-0.39, 0.29) is 24.3 Å². The predicted octanol–water partition coefficient (Wildman–Crippen LogP) is 3.10. The number of para-hydroxylation sites is 1. The lowest BCUT2D eigenvalue weighted by molar-refractivity contribution is -0.141. The molecule has 0 N–H and O–H groups in total. The van der Waals surface area contributed by atoms with Gasteiger partial charge in [0, 0.05) is 39.3 Å². The molecule has 1 aromatic rings. The van der Waals surface area contributed by atoms with Crippen molar-refractivity contribution in [2.45, 2.75) is 63.8 Å². The standard InChI is InChI=1S/C25H38N4O3/c1-4-5-6-7-11-14-22(30)27-17-15-25(16-18-27)24(32)28(19-23(31)26(2)3)20-29(25)21-12-9-8-10-13-21/h8-10,12-13H,4-7,11,14-20H2,1-3H3. The third-order valence-electron chi connectivity index (χ3n) is 6.84. The number of carbonyl (C=O) groups excluding carboxylic acids is 3. The molecule has 2 aliphatic rings. The van der Waals surface area contributed by atoms with Crippen molar-refractivity contribution in [3.63, 3.8) is 0 Å². The van der Waals surface area contributed by atoms with Crippen LogP contribution in [-0.4, -0.2) is 78.4 Å². The van der Waals surface area contributed by atoms with E-state index >= 15 is 0 Å². The molecular weight excluding hydrogens is 404 g/mol. The van der Waals surface area contributed by atoms with Crippen molar-refractivity contribution in [2.75, 3.05) is 45.3 Å². The highest BCUT2D eigenvalue weighted by atomic mass is 16.2. The van der Waals surface area contributed by atoms with Crippen LogP contribution in [0.25, 0.3) is 0 Å². The summed E-state index contributed by atoms with van der Waals surface area (Å²) in [4.78, 5) is 45.9. The highest BCUT2D eigenvalue weighted by molar-refractivity contribution is 5.96. The average Bonchev–Trinajstić information content (AvgIpc) is 3.06. The molecule has 2 saturated heterocycles. The van der Waals surface area contributed by atoms with E-state index in [4.69, 9.17) is 0 Å². The van der Waals surface area contributed by atoms with Crippen molar-refractivity contribution in [3.05, 3.63) is 30.3 Å². The van der Waals surface area contributed by atoms with E-state index in [1.165, 1.54) is 24.2 Å². The van der Waals surface area contributed by atoms with E-state index in [2.05, 4.69) is 11.8 Å². The van der Waals surface area contributed by atoms with Crippen LogP contribution in [0.1, 0.15) is 58.3 Å². The molecule has 2 aliphatic heterocycles. The molecule has 176 valence electrons. The molecule has 0 saturated carbocycles. The lowest BCUT2D eigenvalue weighted by atomic mass is 9.85. The Labute approximate surface area is 192 Å². The molecule has 1 aromatic carbocycles. The number of likely N-dealkylation sites (N-methyl/N-ethyl adjacent to an activating group) is 1. The molecule has 0 bridgehead atoms. The van der Waals surface area contributed by atoms with E-state index in [1.54, 1.807) is 19.0 Å². The highest BCUT2D eigenvalue weighted by Crippen LogP contribution is 2.39. The van der Waals surface area contributed by atoms with E-state index in [9.17, 15) is 14.4 Å². The van der Waals surface area contributed by atoms with E-state index in [0.717, 1.165) is 18.5 Å². The second-order valence-corrected chi connectivity index (χ2v) is 9.27. The first-order valence-electron chi connectivity index (χ1n) is 12.0. The third-order valence-corrected chi connectivity index (χ3v) is 6.84. The number of piperidine rings is 1. The SMILES string of the molecule is CCCCCCCC(=O)N1CCC2(CC1)C(=O)N(CC(=O)N(C)C)CN2c1ccccc1. The number of unbranched alkanes of at least 4 members (excludes halogenated alkanes) is 4. The number of benzene rings is 1. The van der Waals surface area contributed by atoms with E-state index in [1.807, 2.05) is 35.2 Å². The maximum atomic E-state index is 13.6. The summed E-state index contributed by atoms with van der Waals surface area (Å²) in [5, 5.41) is 0. The third kappa shape index (κ3) is 5.25. The van der Waals surface area contributed by atoms with Gasteiger partial charge in [-0.25, -0.2) is 0 Å².